The summed E-state index contributed by atoms with van der Waals surface area (Å²) in [6.07, 6.45) is 5.18. The first-order valence-corrected chi connectivity index (χ1v) is 16.1. The van der Waals surface area contributed by atoms with E-state index in [1.165, 1.54) is 16.4 Å². The lowest BCUT2D eigenvalue weighted by Gasteiger charge is -2.31. The van der Waals surface area contributed by atoms with Gasteiger partial charge in [-0.2, -0.15) is 4.31 Å². The standard InChI is InChI=1S/C30H29FN6O4S2/c1-19-18-37-28(27(35-30(37)42-19)21-5-7-22(31)8-6-21)25-12-15-32-29(34-25)33-23-13-16-36(17-14-23)43(40,41)24-9-2-20(3-10-24)4-11-26(38)39/h2-3,5-10,12,15,18,23H,4,11,13-14,16-17H2,1H3,(H,38,39)(H,32,33,34). The van der Waals surface area contributed by atoms with Crippen molar-refractivity contribution in [1.29, 1.82) is 0 Å². The molecule has 1 aliphatic heterocycles. The number of nitrogens with one attached hydrogen (secondary N) is 1. The minimum Gasteiger partial charge on any atom is -0.481 e. The number of imidazole rings is 1. The van der Waals surface area contributed by atoms with Gasteiger partial charge in [-0.15, -0.1) is 11.3 Å². The molecule has 0 amide bonds. The van der Waals surface area contributed by atoms with Gasteiger partial charge in [0.1, 0.15) is 11.5 Å². The van der Waals surface area contributed by atoms with Crippen molar-refractivity contribution in [2.45, 2.75) is 43.5 Å². The van der Waals surface area contributed by atoms with Crippen molar-refractivity contribution >= 4 is 38.2 Å². The van der Waals surface area contributed by atoms with Crippen molar-refractivity contribution in [2.75, 3.05) is 18.4 Å². The Balaban J connectivity index is 1.16. The molecule has 0 bridgehead atoms. The highest BCUT2D eigenvalue weighted by Crippen LogP contribution is 2.35. The number of thiazole rings is 1. The van der Waals surface area contributed by atoms with Crippen LogP contribution in [0.5, 0.6) is 0 Å². The van der Waals surface area contributed by atoms with E-state index in [-0.39, 0.29) is 23.2 Å². The number of rotatable bonds is 9. The summed E-state index contributed by atoms with van der Waals surface area (Å²) in [5, 5.41) is 12.2. The maximum Gasteiger partial charge on any atom is 0.303 e. The molecule has 1 aliphatic rings. The van der Waals surface area contributed by atoms with E-state index in [1.54, 1.807) is 53.9 Å². The Hall–Kier alpha value is -4.20. The molecule has 1 fully saturated rings. The Labute approximate surface area is 251 Å². The summed E-state index contributed by atoms with van der Waals surface area (Å²) in [6.45, 7) is 2.69. The molecule has 1 saturated heterocycles. The van der Waals surface area contributed by atoms with Crippen molar-refractivity contribution < 1.29 is 22.7 Å². The number of sulfonamides is 1. The molecule has 4 heterocycles. The predicted octanol–water partition coefficient (Wildman–Crippen LogP) is 5.25. The number of hydrogen-bond acceptors (Lipinski definition) is 8. The van der Waals surface area contributed by atoms with Crippen LogP contribution in [0.3, 0.4) is 0 Å². The monoisotopic (exact) mass is 620 g/mol. The van der Waals surface area contributed by atoms with E-state index in [1.807, 2.05) is 23.6 Å². The van der Waals surface area contributed by atoms with Gasteiger partial charge in [0.25, 0.3) is 0 Å². The summed E-state index contributed by atoms with van der Waals surface area (Å²) in [7, 11) is -3.67. The van der Waals surface area contributed by atoms with E-state index in [9.17, 15) is 17.6 Å². The number of carboxylic acid groups (broad SMARTS) is 1. The van der Waals surface area contributed by atoms with E-state index >= 15 is 0 Å². The number of hydrogen-bond donors (Lipinski definition) is 2. The summed E-state index contributed by atoms with van der Waals surface area (Å²) in [5.74, 6) is -0.778. The van der Waals surface area contributed by atoms with Gasteiger partial charge in [0, 0.05) is 48.4 Å². The molecule has 0 unspecified atom stereocenters. The van der Waals surface area contributed by atoms with E-state index in [2.05, 4.69) is 10.3 Å². The van der Waals surface area contributed by atoms with Gasteiger partial charge in [0.05, 0.1) is 16.3 Å². The second-order valence-corrected chi connectivity index (χ2v) is 13.6. The highest BCUT2D eigenvalue weighted by atomic mass is 32.2. The Morgan fingerprint density at radius 1 is 1.07 bits per heavy atom. The molecule has 2 N–H and O–H groups in total. The van der Waals surface area contributed by atoms with E-state index in [0.29, 0.717) is 49.7 Å². The van der Waals surface area contributed by atoms with Crippen LogP contribution in [0, 0.1) is 12.7 Å². The molecule has 5 aromatic rings. The minimum absolute atomic E-state index is 0.00486. The van der Waals surface area contributed by atoms with Gasteiger partial charge in [-0.1, -0.05) is 12.1 Å². The Kier molecular flexibility index (Phi) is 7.95. The Bertz CT molecular complexity index is 1880. The zero-order chi connectivity index (χ0) is 30.1. The summed E-state index contributed by atoms with van der Waals surface area (Å²) >= 11 is 1.56. The van der Waals surface area contributed by atoms with Crippen molar-refractivity contribution in [3.8, 4) is 22.6 Å². The molecule has 0 radical (unpaired) electrons. The highest BCUT2D eigenvalue weighted by molar-refractivity contribution is 7.89. The maximum atomic E-state index is 13.6. The van der Waals surface area contributed by atoms with Crippen molar-refractivity contribution in [3.05, 3.63) is 83.2 Å². The molecule has 0 spiro atoms. The fourth-order valence-corrected chi connectivity index (χ4v) is 7.52. The van der Waals surface area contributed by atoms with Gasteiger partial charge >= 0.3 is 5.97 Å². The largest absolute Gasteiger partial charge is 0.481 e. The average Bonchev–Trinajstić information content (AvgIpc) is 3.53. The zero-order valence-electron chi connectivity index (χ0n) is 23.3. The molecule has 6 rings (SSSR count). The second kappa shape index (κ2) is 11.8. The predicted molar refractivity (Wildman–Crippen MR) is 162 cm³/mol. The number of aryl methyl sites for hydroxylation is 2. The minimum atomic E-state index is -3.67. The van der Waals surface area contributed by atoms with Gasteiger partial charge in [-0.25, -0.2) is 27.8 Å². The molecule has 13 heteroatoms. The second-order valence-electron chi connectivity index (χ2n) is 10.4. The molecule has 2 aromatic carbocycles. The normalized spacial score (nSPS) is 14.7. The number of nitrogens with zero attached hydrogens (tertiary/aromatic N) is 5. The third kappa shape index (κ3) is 6.14. The van der Waals surface area contributed by atoms with E-state index in [4.69, 9.17) is 15.1 Å². The van der Waals surface area contributed by atoms with Crippen LogP contribution in [0.2, 0.25) is 0 Å². The van der Waals surface area contributed by atoms with Gasteiger partial charge in [0.2, 0.25) is 16.0 Å². The summed E-state index contributed by atoms with van der Waals surface area (Å²) in [6, 6.07) is 14.4. The van der Waals surface area contributed by atoms with Crippen LogP contribution in [0.1, 0.15) is 29.7 Å². The lowest BCUT2D eigenvalue weighted by molar-refractivity contribution is -0.136. The van der Waals surface area contributed by atoms with Crippen LogP contribution in [0.4, 0.5) is 10.3 Å². The summed E-state index contributed by atoms with van der Waals surface area (Å²) in [4.78, 5) is 27.0. The number of anilines is 1. The number of carbonyl (C=O) groups is 1. The first-order chi connectivity index (χ1) is 20.7. The molecular formula is C30H29FN6O4S2. The fraction of sp³-hybridized carbons (Fsp3) is 0.267. The van der Waals surface area contributed by atoms with Gasteiger partial charge < -0.3 is 10.4 Å². The Morgan fingerprint density at radius 2 is 1.79 bits per heavy atom. The lowest BCUT2D eigenvalue weighted by Crippen LogP contribution is -2.42. The topological polar surface area (TPSA) is 130 Å². The molecule has 222 valence electrons. The van der Waals surface area contributed by atoms with Crippen molar-refractivity contribution in [1.82, 2.24) is 23.7 Å². The first-order valence-electron chi connectivity index (χ1n) is 13.8. The Morgan fingerprint density at radius 3 is 2.49 bits per heavy atom. The highest BCUT2D eigenvalue weighted by Gasteiger charge is 2.30. The number of piperidine rings is 1. The zero-order valence-corrected chi connectivity index (χ0v) is 24.9. The van der Waals surface area contributed by atoms with Gasteiger partial charge in [-0.3, -0.25) is 9.20 Å². The molecular weight excluding hydrogens is 592 g/mol. The number of fused-ring (bicyclic) bond motifs is 1. The quantitative estimate of drug-likeness (QED) is 0.229. The smallest absolute Gasteiger partial charge is 0.303 e. The SMILES string of the molecule is Cc1cn2c(-c3ccnc(NC4CCN(S(=O)(=O)c5ccc(CCC(=O)O)cc5)CC4)n3)c(-c3ccc(F)cc3)nc2s1. The molecule has 0 aliphatic carbocycles. The average molecular weight is 621 g/mol. The third-order valence-electron chi connectivity index (χ3n) is 7.43. The van der Waals surface area contributed by atoms with E-state index < -0.39 is 16.0 Å². The van der Waals surface area contributed by atoms with Crippen molar-refractivity contribution in [3.63, 3.8) is 0 Å². The van der Waals surface area contributed by atoms with Crippen LogP contribution < -0.4 is 5.32 Å². The van der Waals surface area contributed by atoms with Crippen molar-refractivity contribution in [2.24, 2.45) is 0 Å². The number of carboxylic acids is 1. The first kappa shape index (κ1) is 28.9. The van der Waals surface area contributed by atoms with Crippen LogP contribution >= 0.6 is 11.3 Å². The van der Waals surface area contributed by atoms with Gasteiger partial charge in [-0.05, 0) is 74.2 Å². The van der Waals surface area contributed by atoms with Crippen LogP contribution in [0.15, 0.2) is 71.9 Å². The maximum absolute atomic E-state index is 13.6. The van der Waals surface area contributed by atoms with Crippen LogP contribution in [-0.4, -0.2) is 62.3 Å². The molecule has 3 aromatic heterocycles. The molecule has 0 saturated carbocycles. The lowest BCUT2D eigenvalue weighted by atomic mass is 10.1. The van der Waals surface area contributed by atoms with Crippen LogP contribution in [0.25, 0.3) is 27.6 Å². The molecule has 10 nitrogen and oxygen atoms in total. The molecule has 0 atom stereocenters. The fourth-order valence-electron chi connectivity index (χ4n) is 5.22. The van der Waals surface area contributed by atoms with Gasteiger partial charge in [0.15, 0.2) is 4.96 Å². The number of halogens is 1. The number of aliphatic carboxylic acids is 1. The molecule has 43 heavy (non-hydrogen) atoms. The van der Waals surface area contributed by atoms with E-state index in [0.717, 1.165) is 26.7 Å². The summed E-state index contributed by atoms with van der Waals surface area (Å²) in [5.41, 5.74) is 3.70. The number of aromatic nitrogens is 4. The number of benzene rings is 2. The van der Waals surface area contributed by atoms with Crippen LogP contribution in [-0.2, 0) is 21.2 Å². The third-order valence-corrected chi connectivity index (χ3v) is 10.2. The summed E-state index contributed by atoms with van der Waals surface area (Å²) < 4.78 is 43.6.